The summed E-state index contributed by atoms with van der Waals surface area (Å²) in [5.74, 6) is -1.66. The van der Waals surface area contributed by atoms with Gasteiger partial charge in [-0.05, 0) is 5.56 Å². The number of hydrogen-bond donors (Lipinski definition) is 3. The van der Waals surface area contributed by atoms with E-state index in [1.165, 1.54) is 0 Å². The number of halogens is 4. The highest BCUT2D eigenvalue weighted by Gasteiger charge is 2.23. The fourth-order valence-corrected chi connectivity index (χ4v) is 2.19. The van der Waals surface area contributed by atoms with Gasteiger partial charge in [-0.3, -0.25) is 4.79 Å². The van der Waals surface area contributed by atoms with E-state index in [1.54, 1.807) is 0 Å². The molecule has 0 saturated heterocycles. The Morgan fingerprint density at radius 3 is 1.88 bits per heavy atom. The maximum Gasteiger partial charge on any atom is 0.320 e. The number of aliphatic carboxylic acids is 1. The molecule has 17 heavy (non-hydrogen) atoms. The highest BCUT2D eigenvalue weighted by Crippen LogP contribution is 2.45. The number of nitrogens with two attached hydrogens (primary N) is 1. The zero-order chi connectivity index (χ0) is 13.3. The van der Waals surface area contributed by atoms with Crippen molar-refractivity contribution in [2.75, 3.05) is 0 Å². The summed E-state index contributed by atoms with van der Waals surface area (Å²) >= 11 is 23.1. The Kier molecular flexibility index (Phi) is 4.75. The van der Waals surface area contributed by atoms with Crippen molar-refractivity contribution in [3.05, 3.63) is 25.7 Å². The highest BCUT2D eigenvalue weighted by molar-refractivity contribution is 6.49. The molecule has 4 nitrogen and oxygen atoms in total. The monoisotopic (exact) mass is 317 g/mol. The van der Waals surface area contributed by atoms with E-state index in [4.69, 9.17) is 57.2 Å². The molecule has 1 rings (SSSR count). The third kappa shape index (κ3) is 2.89. The number of hydrogen-bond acceptors (Lipinski definition) is 3. The van der Waals surface area contributed by atoms with Crippen molar-refractivity contribution in [2.45, 2.75) is 12.5 Å². The van der Waals surface area contributed by atoms with Crippen LogP contribution in [0.15, 0.2) is 0 Å². The van der Waals surface area contributed by atoms with Gasteiger partial charge < -0.3 is 15.9 Å². The number of carbonyl (C=O) groups is 1. The number of phenolic OH excluding ortho intramolecular Hbond substituents is 1. The molecular weight excluding hydrogens is 312 g/mol. The molecule has 0 fully saturated rings. The largest absolute Gasteiger partial charge is 0.505 e. The van der Waals surface area contributed by atoms with Crippen molar-refractivity contribution >= 4 is 52.4 Å². The summed E-state index contributed by atoms with van der Waals surface area (Å²) in [6.07, 6.45) is -0.146. The Hall–Kier alpha value is -0.390. The SMILES string of the molecule is N[C@@H](Cc1c(Cl)c(Cl)c(O)c(Cl)c1Cl)C(=O)O. The van der Waals surface area contributed by atoms with E-state index in [0.29, 0.717) is 0 Å². The Labute approximate surface area is 117 Å². The van der Waals surface area contributed by atoms with Crippen LogP contribution < -0.4 is 5.73 Å². The Balaban J connectivity index is 3.30. The summed E-state index contributed by atoms with van der Waals surface area (Å²) in [6.45, 7) is 0. The molecule has 0 aliphatic rings. The van der Waals surface area contributed by atoms with Crippen LogP contribution in [0.1, 0.15) is 5.56 Å². The topological polar surface area (TPSA) is 83.5 Å². The average molecular weight is 319 g/mol. The van der Waals surface area contributed by atoms with Gasteiger partial charge in [-0.25, -0.2) is 0 Å². The predicted molar refractivity (Wildman–Crippen MR) is 67.5 cm³/mol. The van der Waals surface area contributed by atoms with Gasteiger partial charge in [0.2, 0.25) is 0 Å². The van der Waals surface area contributed by atoms with Crippen molar-refractivity contribution < 1.29 is 15.0 Å². The van der Waals surface area contributed by atoms with Crippen LogP contribution in [0.4, 0.5) is 0 Å². The first-order valence-corrected chi connectivity index (χ1v) is 5.80. The minimum Gasteiger partial charge on any atom is -0.505 e. The Morgan fingerprint density at radius 2 is 1.53 bits per heavy atom. The number of carboxylic acids is 1. The summed E-state index contributed by atoms with van der Waals surface area (Å²) in [4.78, 5) is 10.6. The van der Waals surface area contributed by atoms with Gasteiger partial charge in [0.1, 0.15) is 16.1 Å². The fraction of sp³-hybridized carbons (Fsp3) is 0.222. The predicted octanol–water partition coefficient (Wildman–Crippen LogP) is 2.96. The zero-order valence-electron chi connectivity index (χ0n) is 8.18. The van der Waals surface area contributed by atoms with E-state index < -0.39 is 17.8 Å². The summed E-state index contributed by atoms with van der Waals surface area (Å²) in [5, 5.41) is 17.7. The van der Waals surface area contributed by atoms with E-state index in [-0.39, 0.29) is 32.1 Å². The molecule has 94 valence electrons. The van der Waals surface area contributed by atoms with Crippen molar-refractivity contribution in [3.63, 3.8) is 0 Å². The maximum atomic E-state index is 10.6. The van der Waals surface area contributed by atoms with E-state index in [0.717, 1.165) is 0 Å². The number of carboxylic acid groups (broad SMARTS) is 1. The molecule has 4 N–H and O–H groups in total. The standard InChI is InChI=1S/C9H7Cl4NO3/c10-4-2(1-3(14)9(16)17)5(11)7(13)8(15)6(4)12/h3,15H,1,14H2,(H,16,17)/t3-/m0/s1. The first kappa shape index (κ1) is 14.7. The van der Waals surface area contributed by atoms with Crippen molar-refractivity contribution in [2.24, 2.45) is 5.73 Å². The molecule has 0 spiro atoms. The minimum absolute atomic E-state index is 0.0599. The number of aromatic hydroxyl groups is 1. The first-order chi connectivity index (χ1) is 7.77. The molecule has 0 amide bonds. The highest BCUT2D eigenvalue weighted by atomic mass is 35.5. The van der Waals surface area contributed by atoms with Gasteiger partial charge >= 0.3 is 5.97 Å². The van der Waals surface area contributed by atoms with Crippen LogP contribution in [0.2, 0.25) is 20.1 Å². The molecule has 1 aromatic carbocycles. The lowest BCUT2D eigenvalue weighted by atomic mass is 10.1. The zero-order valence-corrected chi connectivity index (χ0v) is 11.2. The van der Waals surface area contributed by atoms with Crippen LogP contribution in [0.25, 0.3) is 0 Å². The number of rotatable bonds is 3. The van der Waals surface area contributed by atoms with Gasteiger partial charge in [-0.1, -0.05) is 46.4 Å². The van der Waals surface area contributed by atoms with Crippen LogP contribution in [-0.4, -0.2) is 22.2 Å². The van der Waals surface area contributed by atoms with Crippen LogP contribution >= 0.6 is 46.4 Å². The van der Waals surface area contributed by atoms with Crippen LogP contribution in [-0.2, 0) is 11.2 Å². The third-order valence-corrected chi connectivity index (χ3v) is 3.84. The lowest BCUT2D eigenvalue weighted by Gasteiger charge is -2.14. The molecule has 0 unspecified atom stereocenters. The summed E-state index contributed by atoms with van der Waals surface area (Å²) in [5.41, 5.74) is 5.55. The molecule has 0 aliphatic carbocycles. The Morgan fingerprint density at radius 1 is 1.12 bits per heavy atom. The molecule has 1 atom stereocenters. The number of phenols is 1. The summed E-state index contributed by atoms with van der Waals surface area (Å²) in [6, 6.07) is -1.19. The normalized spacial score (nSPS) is 12.5. The smallest absolute Gasteiger partial charge is 0.320 e. The first-order valence-electron chi connectivity index (χ1n) is 4.29. The van der Waals surface area contributed by atoms with Gasteiger partial charge in [-0.2, -0.15) is 0 Å². The third-order valence-electron chi connectivity index (χ3n) is 2.07. The van der Waals surface area contributed by atoms with E-state index in [9.17, 15) is 9.90 Å². The van der Waals surface area contributed by atoms with Gasteiger partial charge in [0, 0.05) is 6.42 Å². The van der Waals surface area contributed by atoms with Gasteiger partial charge in [0.15, 0.2) is 5.75 Å². The second-order valence-corrected chi connectivity index (χ2v) is 4.74. The molecule has 0 aromatic heterocycles. The molecular formula is C9H7Cl4NO3. The van der Waals surface area contributed by atoms with Crippen molar-refractivity contribution in [3.8, 4) is 5.75 Å². The lowest BCUT2D eigenvalue weighted by Crippen LogP contribution is -2.32. The Bertz CT molecular complexity index is 449. The van der Waals surface area contributed by atoms with E-state index >= 15 is 0 Å². The molecule has 0 aliphatic heterocycles. The average Bonchev–Trinajstić information content (AvgIpc) is 2.29. The maximum absolute atomic E-state index is 10.6. The fourth-order valence-electron chi connectivity index (χ4n) is 1.15. The summed E-state index contributed by atoms with van der Waals surface area (Å²) in [7, 11) is 0. The van der Waals surface area contributed by atoms with Crippen LogP contribution in [0, 0.1) is 0 Å². The van der Waals surface area contributed by atoms with Crippen LogP contribution in [0.5, 0.6) is 5.75 Å². The van der Waals surface area contributed by atoms with Gasteiger partial charge in [-0.15, -0.1) is 0 Å². The van der Waals surface area contributed by atoms with E-state index in [2.05, 4.69) is 0 Å². The second-order valence-electron chi connectivity index (χ2n) is 3.23. The molecule has 0 heterocycles. The van der Waals surface area contributed by atoms with Crippen molar-refractivity contribution in [1.29, 1.82) is 0 Å². The van der Waals surface area contributed by atoms with Crippen molar-refractivity contribution in [1.82, 2.24) is 0 Å². The number of benzene rings is 1. The lowest BCUT2D eigenvalue weighted by molar-refractivity contribution is -0.138. The molecule has 0 saturated carbocycles. The van der Waals surface area contributed by atoms with E-state index in [1.807, 2.05) is 0 Å². The molecule has 8 heteroatoms. The molecule has 0 bridgehead atoms. The van der Waals surface area contributed by atoms with Gasteiger partial charge in [0.25, 0.3) is 0 Å². The van der Waals surface area contributed by atoms with Crippen LogP contribution in [0.3, 0.4) is 0 Å². The van der Waals surface area contributed by atoms with Gasteiger partial charge in [0.05, 0.1) is 10.0 Å². The summed E-state index contributed by atoms with van der Waals surface area (Å²) < 4.78 is 0. The molecule has 1 aromatic rings. The quantitative estimate of drug-likeness (QED) is 0.748. The minimum atomic E-state index is -1.21. The molecule has 0 radical (unpaired) electrons. The second kappa shape index (κ2) is 5.50.